The van der Waals surface area contributed by atoms with Crippen LogP contribution in [0, 0.1) is 0 Å². The van der Waals surface area contributed by atoms with Crippen LogP contribution < -0.4 is 9.47 Å². The molecule has 1 aliphatic heterocycles. The number of hydrogen-bond donors (Lipinski definition) is 0. The first-order valence-corrected chi connectivity index (χ1v) is 11.1. The quantitative estimate of drug-likeness (QED) is 0.438. The lowest BCUT2D eigenvalue weighted by atomic mass is 10.1. The molecule has 0 radical (unpaired) electrons. The van der Waals surface area contributed by atoms with Crippen molar-refractivity contribution in [2.45, 2.75) is 32.6 Å². The highest BCUT2D eigenvalue weighted by Crippen LogP contribution is 2.31. The highest BCUT2D eigenvalue weighted by atomic mass is 79.9. The lowest BCUT2D eigenvalue weighted by Gasteiger charge is -2.17. The molecule has 1 atom stereocenters. The van der Waals surface area contributed by atoms with Crippen molar-refractivity contribution in [1.82, 2.24) is 15.0 Å². The summed E-state index contributed by atoms with van der Waals surface area (Å²) in [5, 5.41) is 4.06. The molecule has 0 aliphatic carbocycles. The summed E-state index contributed by atoms with van der Waals surface area (Å²) in [6.07, 6.45) is 1.09. The molecule has 0 bridgehead atoms. The Balaban J connectivity index is 1.38. The van der Waals surface area contributed by atoms with Crippen molar-refractivity contribution in [2.24, 2.45) is 0 Å². The molecule has 3 aromatic rings. The van der Waals surface area contributed by atoms with Crippen LogP contribution in [0.1, 0.15) is 37.6 Å². The van der Waals surface area contributed by atoms with Crippen molar-refractivity contribution in [3.8, 4) is 23.1 Å². The summed E-state index contributed by atoms with van der Waals surface area (Å²) in [6, 6.07) is 9.43. The molecule has 8 nitrogen and oxygen atoms in total. The SMILES string of the molecule is CCOc1ccc(CCN2CC(c3noc(-c4ccc(Br)o4)n3)CC2=O)cc1OCC. The predicted molar refractivity (Wildman–Crippen MR) is 116 cm³/mol. The van der Waals surface area contributed by atoms with Crippen LogP contribution in [0.25, 0.3) is 11.7 Å². The van der Waals surface area contributed by atoms with Crippen molar-refractivity contribution in [3.05, 3.63) is 46.4 Å². The Labute approximate surface area is 188 Å². The second-order valence-corrected chi connectivity index (χ2v) is 7.98. The van der Waals surface area contributed by atoms with Crippen LogP contribution in [0.15, 0.2) is 43.9 Å². The van der Waals surface area contributed by atoms with Gasteiger partial charge in [-0.05, 0) is 66.0 Å². The minimum Gasteiger partial charge on any atom is -0.490 e. The fourth-order valence-corrected chi connectivity index (χ4v) is 3.91. The van der Waals surface area contributed by atoms with Crippen LogP contribution >= 0.6 is 15.9 Å². The predicted octanol–water partition coefficient (Wildman–Crippen LogP) is 4.45. The Morgan fingerprint density at radius 2 is 1.97 bits per heavy atom. The average Bonchev–Trinajstić information content (AvgIpc) is 3.48. The second-order valence-electron chi connectivity index (χ2n) is 7.20. The van der Waals surface area contributed by atoms with E-state index in [0.29, 0.717) is 54.9 Å². The fraction of sp³-hybridized carbons (Fsp3) is 0.409. The first-order valence-electron chi connectivity index (χ1n) is 10.3. The largest absolute Gasteiger partial charge is 0.490 e. The standard InChI is InChI=1S/C22H24BrN3O5/c1-3-28-16-6-5-14(11-18(16)29-4-2)9-10-26-13-15(12-20(26)27)21-24-22(31-25-21)17-7-8-19(23)30-17/h5-8,11,15H,3-4,9-10,12-13H2,1-2H3. The minimum atomic E-state index is -0.0947. The van der Waals surface area contributed by atoms with Crippen molar-refractivity contribution >= 4 is 21.8 Å². The van der Waals surface area contributed by atoms with Crippen LogP contribution in [0.5, 0.6) is 11.5 Å². The summed E-state index contributed by atoms with van der Waals surface area (Å²) >= 11 is 3.26. The van der Waals surface area contributed by atoms with Crippen LogP contribution in [-0.4, -0.2) is 47.3 Å². The van der Waals surface area contributed by atoms with Crippen molar-refractivity contribution in [1.29, 1.82) is 0 Å². The molecule has 1 aliphatic rings. The van der Waals surface area contributed by atoms with Gasteiger partial charge in [0.25, 0.3) is 5.89 Å². The fourth-order valence-electron chi connectivity index (χ4n) is 3.61. The van der Waals surface area contributed by atoms with Crippen molar-refractivity contribution in [2.75, 3.05) is 26.3 Å². The van der Waals surface area contributed by atoms with E-state index in [2.05, 4.69) is 26.1 Å². The molecule has 1 saturated heterocycles. The Kier molecular flexibility index (Phi) is 6.60. The zero-order valence-corrected chi connectivity index (χ0v) is 19.1. The average molecular weight is 490 g/mol. The molecular formula is C22H24BrN3O5. The van der Waals surface area contributed by atoms with Gasteiger partial charge in [-0.15, -0.1) is 0 Å². The molecule has 1 unspecified atom stereocenters. The number of carbonyl (C=O) groups is 1. The van der Waals surface area contributed by atoms with Gasteiger partial charge in [0.15, 0.2) is 27.8 Å². The van der Waals surface area contributed by atoms with Gasteiger partial charge in [0.05, 0.1) is 13.2 Å². The molecule has 164 valence electrons. The molecule has 1 fully saturated rings. The van der Waals surface area contributed by atoms with Gasteiger partial charge in [-0.25, -0.2) is 0 Å². The monoisotopic (exact) mass is 489 g/mol. The molecule has 2 aromatic heterocycles. The molecule has 0 saturated carbocycles. The number of ether oxygens (including phenoxy) is 2. The number of nitrogens with zero attached hydrogens (tertiary/aromatic N) is 3. The van der Waals surface area contributed by atoms with Gasteiger partial charge in [-0.2, -0.15) is 4.98 Å². The molecule has 0 spiro atoms. The van der Waals surface area contributed by atoms with Gasteiger partial charge in [0.1, 0.15) is 0 Å². The normalized spacial score (nSPS) is 16.2. The Morgan fingerprint density at radius 1 is 1.16 bits per heavy atom. The summed E-state index contributed by atoms with van der Waals surface area (Å²) in [4.78, 5) is 18.8. The number of benzene rings is 1. The Morgan fingerprint density at radius 3 is 2.71 bits per heavy atom. The van der Waals surface area contributed by atoms with Crippen LogP contribution in [-0.2, 0) is 11.2 Å². The third-order valence-electron chi connectivity index (χ3n) is 5.08. The summed E-state index contributed by atoms with van der Waals surface area (Å²) < 4.78 is 22.7. The summed E-state index contributed by atoms with van der Waals surface area (Å²) in [5.74, 6) is 2.80. The van der Waals surface area contributed by atoms with E-state index in [9.17, 15) is 4.79 Å². The van der Waals surface area contributed by atoms with E-state index < -0.39 is 0 Å². The van der Waals surface area contributed by atoms with Gasteiger partial charge in [0, 0.05) is 25.4 Å². The number of halogens is 1. The van der Waals surface area contributed by atoms with Crippen molar-refractivity contribution in [3.63, 3.8) is 0 Å². The lowest BCUT2D eigenvalue weighted by Crippen LogP contribution is -2.27. The number of aromatic nitrogens is 2. The van der Waals surface area contributed by atoms with Gasteiger partial charge >= 0.3 is 0 Å². The minimum absolute atomic E-state index is 0.0908. The van der Waals surface area contributed by atoms with Gasteiger partial charge in [-0.1, -0.05) is 11.2 Å². The van der Waals surface area contributed by atoms with Crippen LogP contribution in [0.2, 0.25) is 0 Å². The van der Waals surface area contributed by atoms with Gasteiger partial charge in [0.2, 0.25) is 5.91 Å². The molecule has 0 N–H and O–H groups in total. The van der Waals surface area contributed by atoms with Crippen molar-refractivity contribution < 1.29 is 23.2 Å². The summed E-state index contributed by atoms with van der Waals surface area (Å²) in [6.45, 7) is 6.22. The molecule has 1 amide bonds. The molecule has 31 heavy (non-hydrogen) atoms. The van der Waals surface area contributed by atoms with E-state index >= 15 is 0 Å². The number of rotatable bonds is 9. The first kappa shape index (κ1) is 21.4. The summed E-state index contributed by atoms with van der Waals surface area (Å²) in [7, 11) is 0. The number of hydrogen-bond acceptors (Lipinski definition) is 7. The number of amides is 1. The maximum Gasteiger partial charge on any atom is 0.293 e. The van der Waals surface area contributed by atoms with E-state index in [1.807, 2.05) is 36.9 Å². The smallest absolute Gasteiger partial charge is 0.293 e. The maximum atomic E-state index is 12.5. The topological polar surface area (TPSA) is 90.8 Å². The molecular weight excluding hydrogens is 466 g/mol. The maximum absolute atomic E-state index is 12.5. The second kappa shape index (κ2) is 9.55. The Hall–Kier alpha value is -2.81. The zero-order chi connectivity index (χ0) is 21.8. The third kappa shape index (κ3) is 4.92. The number of carbonyl (C=O) groups excluding carboxylic acids is 1. The highest BCUT2D eigenvalue weighted by Gasteiger charge is 2.33. The molecule has 1 aromatic carbocycles. The first-order chi connectivity index (χ1) is 15.1. The van der Waals surface area contributed by atoms with Crippen LogP contribution in [0.3, 0.4) is 0 Å². The number of furan rings is 1. The van der Waals surface area contributed by atoms with E-state index in [4.69, 9.17) is 18.4 Å². The van der Waals surface area contributed by atoms with E-state index in [0.717, 1.165) is 23.5 Å². The molecule has 9 heteroatoms. The van der Waals surface area contributed by atoms with E-state index in [1.54, 1.807) is 12.1 Å². The molecule has 4 rings (SSSR count). The third-order valence-corrected chi connectivity index (χ3v) is 5.51. The molecule has 3 heterocycles. The van der Waals surface area contributed by atoms with E-state index in [1.165, 1.54) is 0 Å². The van der Waals surface area contributed by atoms with Crippen LogP contribution in [0.4, 0.5) is 0 Å². The van der Waals surface area contributed by atoms with Gasteiger partial charge < -0.3 is 23.3 Å². The Bertz CT molecular complexity index is 1050. The number of likely N-dealkylation sites (tertiary alicyclic amines) is 1. The zero-order valence-electron chi connectivity index (χ0n) is 17.5. The van der Waals surface area contributed by atoms with Gasteiger partial charge in [-0.3, -0.25) is 4.79 Å². The summed E-state index contributed by atoms with van der Waals surface area (Å²) in [5.41, 5.74) is 1.09. The lowest BCUT2D eigenvalue weighted by molar-refractivity contribution is -0.127. The highest BCUT2D eigenvalue weighted by molar-refractivity contribution is 9.10. The van der Waals surface area contributed by atoms with E-state index in [-0.39, 0.29) is 11.8 Å².